The number of hydrogen-bond acceptors (Lipinski definition) is 7. The van der Waals surface area contributed by atoms with Crippen molar-refractivity contribution in [1.82, 2.24) is 20.3 Å². The van der Waals surface area contributed by atoms with Gasteiger partial charge in [0.05, 0.1) is 34.3 Å². The van der Waals surface area contributed by atoms with E-state index >= 15 is 0 Å². The van der Waals surface area contributed by atoms with Crippen molar-refractivity contribution in [2.75, 3.05) is 40.7 Å². The predicted octanol–water partition coefficient (Wildman–Crippen LogP) is 2.37. The first kappa shape index (κ1) is 35.3. The first-order valence-electron chi connectivity index (χ1n) is 14.4. The van der Waals surface area contributed by atoms with E-state index < -0.39 is 33.5 Å². The molecule has 3 aromatic heterocycles. The van der Waals surface area contributed by atoms with Gasteiger partial charge in [-0.1, -0.05) is 0 Å². The van der Waals surface area contributed by atoms with Gasteiger partial charge in [-0.25, -0.2) is 8.42 Å². The van der Waals surface area contributed by atoms with Crippen molar-refractivity contribution >= 4 is 68.1 Å². The zero-order valence-corrected chi connectivity index (χ0v) is 27.8. The average Bonchev–Trinajstić information content (AvgIpc) is 3.71. The smallest absolute Gasteiger partial charge is 0.272 e. The molecule has 0 aliphatic heterocycles. The molecule has 254 valence electrons. The van der Waals surface area contributed by atoms with E-state index in [0.717, 1.165) is 0 Å². The van der Waals surface area contributed by atoms with Crippen molar-refractivity contribution in [2.24, 2.45) is 16.5 Å². The average molecular weight is 699 g/mol. The quantitative estimate of drug-likeness (QED) is 0.0432. The van der Waals surface area contributed by atoms with Crippen molar-refractivity contribution in [3.63, 3.8) is 0 Å². The maximum absolute atomic E-state index is 13.2. The highest BCUT2D eigenvalue weighted by molar-refractivity contribution is 7.91. The van der Waals surface area contributed by atoms with Crippen molar-refractivity contribution in [1.29, 1.82) is 0 Å². The molecular formula is C30H35ClN10O6S. The van der Waals surface area contributed by atoms with Crippen molar-refractivity contribution < 1.29 is 27.6 Å². The maximum Gasteiger partial charge on any atom is 0.272 e. The van der Waals surface area contributed by atoms with Crippen LogP contribution in [0.5, 0.6) is 0 Å². The summed E-state index contributed by atoms with van der Waals surface area (Å²) in [5.41, 5.74) is 13.9. The van der Waals surface area contributed by atoms with Gasteiger partial charge in [-0.05, 0) is 45.0 Å². The minimum atomic E-state index is -3.54. The largest absolute Gasteiger partial charge is 0.370 e. The normalized spacial score (nSPS) is 11.1. The summed E-state index contributed by atoms with van der Waals surface area (Å²) in [4.78, 5) is 64.0. The molecule has 16 nitrogen and oxygen atoms in total. The molecule has 0 bridgehead atoms. The lowest BCUT2D eigenvalue weighted by molar-refractivity contribution is 0.0947. The number of nitrogens with two attached hydrogens (primary N) is 2. The molecule has 0 fully saturated rings. The van der Waals surface area contributed by atoms with E-state index in [4.69, 9.17) is 23.1 Å². The predicted molar refractivity (Wildman–Crippen MR) is 183 cm³/mol. The van der Waals surface area contributed by atoms with E-state index in [1.54, 1.807) is 20.8 Å². The summed E-state index contributed by atoms with van der Waals surface area (Å²) in [5.74, 6) is -2.26. The number of aromatic nitrogens is 3. The number of H-pyrrole nitrogens is 3. The van der Waals surface area contributed by atoms with Gasteiger partial charge in [0, 0.05) is 53.3 Å². The Balaban J connectivity index is 1.38. The molecular weight excluding hydrogens is 664 g/mol. The molecule has 0 spiro atoms. The van der Waals surface area contributed by atoms with E-state index in [1.165, 1.54) is 42.9 Å². The van der Waals surface area contributed by atoms with Gasteiger partial charge in [-0.2, -0.15) is 0 Å². The van der Waals surface area contributed by atoms with Gasteiger partial charge >= 0.3 is 0 Å². The van der Waals surface area contributed by atoms with Gasteiger partial charge in [0.15, 0.2) is 15.8 Å². The van der Waals surface area contributed by atoms with E-state index in [1.807, 2.05) is 0 Å². The van der Waals surface area contributed by atoms with Crippen LogP contribution in [0.2, 0.25) is 0 Å². The molecule has 0 aliphatic carbocycles. The van der Waals surface area contributed by atoms with Crippen LogP contribution in [-0.4, -0.2) is 77.7 Å². The lowest BCUT2D eigenvalue weighted by atomic mass is 10.2. The van der Waals surface area contributed by atoms with Crippen molar-refractivity contribution in [3.8, 4) is 0 Å². The molecule has 4 rings (SSSR count). The Bertz CT molecular complexity index is 1990. The zero-order valence-electron chi connectivity index (χ0n) is 26.2. The molecule has 0 saturated carbocycles. The monoisotopic (exact) mass is 698 g/mol. The van der Waals surface area contributed by atoms with Crippen LogP contribution in [0.3, 0.4) is 0 Å². The minimum Gasteiger partial charge on any atom is -0.370 e. The molecule has 18 heteroatoms. The number of nitrogens with one attached hydrogen (secondary N) is 7. The summed E-state index contributed by atoms with van der Waals surface area (Å²) in [6.07, 6.45) is 4.42. The van der Waals surface area contributed by atoms with Gasteiger partial charge in [0.2, 0.25) is 0 Å². The Labute approximate surface area is 280 Å². The van der Waals surface area contributed by atoms with Gasteiger partial charge in [-0.15, -0.1) is 11.6 Å². The Morgan fingerprint density at radius 3 is 1.60 bits per heavy atom. The van der Waals surface area contributed by atoms with Gasteiger partial charge < -0.3 is 47.7 Å². The van der Waals surface area contributed by atoms with E-state index in [9.17, 15) is 27.6 Å². The fourth-order valence-electron chi connectivity index (χ4n) is 4.62. The van der Waals surface area contributed by atoms with Crippen LogP contribution in [0.15, 0.2) is 52.7 Å². The van der Waals surface area contributed by atoms with Crippen molar-refractivity contribution in [3.05, 3.63) is 82.2 Å². The first-order chi connectivity index (χ1) is 22.7. The molecule has 0 atom stereocenters. The van der Waals surface area contributed by atoms with Crippen molar-refractivity contribution in [2.45, 2.75) is 25.7 Å². The minimum absolute atomic E-state index is 0.0456. The van der Waals surface area contributed by atoms with E-state index in [0.29, 0.717) is 33.8 Å². The van der Waals surface area contributed by atoms with Crippen LogP contribution in [0.25, 0.3) is 0 Å². The molecule has 0 aliphatic rings. The number of amides is 4. The fourth-order valence-corrected chi connectivity index (χ4v) is 6.22. The second kappa shape index (κ2) is 14.9. The topological polar surface area (TPSA) is 262 Å². The number of benzene rings is 1. The Morgan fingerprint density at radius 1 is 0.729 bits per heavy atom. The van der Waals surface area contributed by atoms with Crippen LogP contribution in [0.4, 0.5) is 17.1 Å². The number of guanidine groups is 1. The molecule has 4 amide bonds. The SMILES string of the molecule is Cc1c(NC(=O)c2ccc(S(=O)(=O)CCCl)cc2)c[nH]c1C(=O)Nc1c[nH]c(C(=O)Nc2c[nH]c(C(=O)NCCN=C(N)N)c2C)c1C. The number of sulfone groups is 1. The van der Waals surface area contributed by atoms with Gasteiger partial charge in [0.1, 0.15) is 17.1 Å². The third-order valence-corrected chi connectivity index (χ3v) is 9.50. The lowest BCUT2D eigenvalue weighted by Gasteiger charge is -2.08. The van der Waals surface area contributed by atoms with E-state index in [-0.39, 0.29) is 58.2 Å². The summed E-state index contributed by atoms with van der Waals surface area (Å²) in [7, 11) is -3.54. The summed E-state index contributed by atoms with van der Waals surface area (Å²) in [5, 5.41) is 10.9. The number of halogens is 1. The van der Waals surface area contributed by atoms with E-state index in [2.05, 4.69) is 41.2 Å². The molecule has 0 unspecified atom stereocenters. The van der Waals surface area contributed by atoms with Crippen LogP contribution in [-0.2, 0) is 9.84 Å². The third-order valence-electron chi connectivity index (χ3n) is 7.36. The summed E-state index contributed by atoms with van der Waals surface area (Å²) < 4.78 is 24.4. The third kappa shape index (κ3) is 8.05. The van der Waals surface area contributed by atoms with Gasteiger partial charge in [0.25, 0.3) is 23.6 Å². The Kier molecular flexibility index (Phi) is 11.0. The highest BCUT2D eigenvalue weighted by atomic mass is 35.5. The number of anilines is 3. The molecule has 0 radical (unpaired) electrons. The zero-order chi connectivity index (χ0) is 35.2. The Hall–Kier alpha value is -5.55. The number of carbonyl (C=O) groups is 4. The number of rotatable bonds is 13. The first-order valence-corrected chi connectivity index (χ1v) is 16.6. The molecule has 1 aromatic carbocycles. The van der Waals surface area contributed by atoms with Crippen LogP contribution < -0.4 is 32.7 Å². The molecule has 0 saturated heterocycles. The maximum atomic E-state index is 13.2. The number of aliphatic imine (C=N–C) groups is 1. The second-order valence-electron chi connectivity index (χ2n) is 10.6. The second-order valence-corrected chi connectivity index (χ2v) is 13.1. The van der Waals surface area contributed by atoms with Crippen LogP contribution in [0.1, 0.15) is 58.5 Å². The van der Waals surface area contributed by atoms with Crippen LogP contribution >= 0.6 is 11.6 Å². The molecule has 4 aromatic rings. The number of aromatic amines is 3. The summed E-state index contributed by atoms with van der Waals surface area (Å²) >= 11 is 5.56. The summed E-state index contributed by atoms with van der Waals surface area (Å²) in [6.45, 7) is 5.40. The molecule has 48 heavy (non-hydrogen) atoms. The fraction of sp³-hybridized carbons (Fsp3) is 0.233. The Morgan fingerprint density at radius 2 is 1.17 bits per heavy atom. The lowest BCUT2D eigenvalue weighted by Crippen LogP contribution is -2.29. The molecule has 3 heterocycles. The molecule has 11 N–H and O–H groups in total. The highest BCUT2D eigenvalue weighted by Crippen LogP contribution is 2.25. The number of carbonyl (C=O) groups excluding carboxylic acids is 4. The highest BCUT2D eigenvalue weighted by Gasteiger charge is 2.22. The summed E-state index contributed by atoms with van der Waals surface area (Å²) in [6, 6.07) is 5.45. The number of alkyl halides is 1. The number of hydrogen-bond donors (Lipinski definition) is 9. The van der Waals surface area contributed by atoms with Gasteiger partial charge in [-0.3, -0.25) is 24.2 Å². The van der Waals surface area contributed by atoms with Crippen LogP contribution in [0, 0.1) is 20.8 Å². The number of nitrogens with zero attached hydrogens (tertiary/aromatic N) is 1. The standard InChI is InChI=1S/C30H35ClN10O6S/c1-15-21(13-36-23(15)27(43)34-9-10-35-30(32)33)40-29(45)25-17(3)22(14-38-25)41-28(44)24-16(2)20(12-37-24)39-26(42)18-4-6-19(7-5-18)48(46,47)11-8-31/h4-7,12-14,36-38H,8-11H2,1-3H3,(H,34,43)(H,39,42)(H,40,45)(H,41,44)(H4,32,33,35).